The number of guanidine groups is 1. The van der Waals surface area contributed by atoms with Crippen molar-refractivity contribution in [2.75, 3.05) is 26.2 Å². The minimum Gasteiger partial charge on any atom is -0.342 e. The summed E-state index contributed by atoms with van der Waals surface area (Å²) in [6.07, 6.45) is 3.26. The van der Waals surface area contributed by atoms with Crippen LogP contribution in [-0.4, -0.2) is 45.5 Å². The second kappa shape index (κ2) is 9.90. The first-order valence-corrected chi connectivity index (χ1v) is 11.6. The maximum Gasteiger partial charge on any atom is 0.240 e. The van der Waals surface area contributed by atoms with Crippen LogP contribution in [0.4, 0.5) is 4.39 Å². The first-order chi connectivity index (χ1) is 14.9. The number of rotatable bonds is 6. The van der Waals surface area contributed by atoms with Crippen molar-refractivity contribution in [3.8, 4) is 6.19 Å². The molecule has 31 heavy (non-hydrogen) atoms. The van der Waals surface area contributed by atoms with E-state index in [-0.39, 0.29) is 11.4 Å². The standard InChI is InChI=1S/C22H26FN5O2S/c1-2-25-21(26-17-24)28-13-11-22(12-14-28,18-7-4-3-5-8-18)16-27-31(29,30)20-10-6-9-19(23)15-20/h3-10,15,27H,2,11-14,16H2,1H3,(H,25,26). The van der Waals surface area contributed by atoms with Gasteiger partial charge in [-0.3, -0.25) is 10.3 Å². The summed E-state index contributed by atoms with van der Waals surface area (Å²) in [5, 5.41) is 11.6. The van der Waals surface area contributed by atoms with E-state index >= 15 is 0 Å². The number of sulfonamides is 1. The molecule has 0 aromatic heterocycles. The van der Waals surface area contributed by atoms with Crippen LogP contribution in [0.5, 0.6) is 0 Å². The molecule has 0 amide bonds. The Morgan fingerprint density at radius 2 is 1.90 bits per heavy atom. The molecule has 0 radical (unpaired) electrons. The van der Waals surface area contributed by atoms with Crippen molar-refractivity contribution < 1.29 is 12.8 Å². The van der Waals surface area contributed by atoms with Gasteiger partial charge in [-0.1, -0.05) is 36.4 Å². The van der Waals surface area contributed by atoms with Crippen LogP contribution in [0.1, 0.15) is 25.3 Å². The molecule has 2 aromatic rings. The molecule has 1 heterocycles. The lowest BCUT2D eigenvalue weighted by Gasteiger charge is -2.43. The van der Waals surface area contributed by atoms with Gasteiger partial charge in [0.25, 0.3) is 0 Å². The van der Waals surface area contributed by atoms with Gasteiger partial charge in [-0.25, -0.2) is 17.5 Å². The van der Waals surface area contributed by atoms with Gasteiger partial charge in [0.2, 0.25) is 16.0 Å². The number of likely N-dealkylation sites (tertiary alicyclic amines) is 1. The molecule has 0 aliphatic carbocycles. The Morgan fingerprint density at radius 3 is 2.52 bits per heavy atom. The number of benzene rings is 2. The third kappa shape index (κ3) is 5.40. The Balaban J connectivity index is 1.82. The zero-order valence-electron chi connectivity index (χ0n) is 17.4. The van der Waals surface area contributed by atoms with E-state index in [0.717, 1.165) is 11.6 Å². The highest BCUT2D eigenvalue weighted by molar-refractivity contribution is 7.89. The third-order valence-electron chi connectivity index (χ3n) is 5.59. The number of nitriles is 1. The molecule has 0 unspecified atom stereocenters. The Bertz CT molecular complexity index is 1060. The normalized spacial score (nSPS) is 16.5. The summed E-state index contributed by atoms with van der Waals surface area (Å²) in [7, 11) is -3.86. The predicted octanol–water partition coefficient (Wildman–Crippen LogP) is 2.58. The summed E-state index contributed by atoms with van der Waals surface area (Å²) in [5.74, 6) is -0.0614. The highest BCUT2D eigenvalue weighted by Crippen LogP contribution is 2.35. The number of nitrogens with one attached hydrogen (secondary N) is 2. The number of halogens is 1. The lowest BCUT2D eigenvalue weighted by Crippen LogP contribution is -2.52. The van der Waals surface area contributed by atoms with Crippen LogP contribution in [0, 0.1) is 17.3 Å². The lowest BCUT2D eigenvalue weighted by atomic mass is 9.73. The molecule has 1 aliphatic heterocycles. The topological polar surface area (TPSA) is 97.6 Å². The highest BCUT2D eigenvalue weighted by Gasteiger charge is 2.38. The summed E-state index contributed by atoms with van der Waals surface area (Å²) in [6, 6.07) is 14.8. The summed E-state index contributed by atoms with van der Waals surface area (Å²) in [4.78, 5) is 6.27. The van der Waals surface area contributed by atoms with Gasteiger partial charge < -0.3 is 4.90 Å². The molecular weight excluding hydrogens is 417 g/mol. The maximum absolute atomic E-state index is 13.5. The van der Waals surface area contributed by atoms with E-state index < -0.39 is 21.3 Å². The van der Waals surface area contributed by atoms with Gasteiger partial charge in [-0.05, 0) is 43.5 Å². The fourth-order valence-electron chi connectivity index (χ4n) is 3.87. The average molecular weight is 444 g/mol. The minimum absolute atomic E-state index is 0.0938. The summed E-state index contributed by atoms with van der Waals surface area (Å²) < 4.78 is 41.8. The van der Waals surface area contributed by atoms with E-state index in [0.29, 0.717) is 38.4 Å². The molecule has 0 bridgehead atoms. The molecule has 1 fully saturated rings. The van der Waals surface area contributed by atoms with Crippen LogP contribution in [0.25, 0.3) is 0 Å². The van der Waals surface area contributed by atoms with Crippen LogP contribution in [0.15, 0.2) is 64.5 Å². The Hall–Kier alpha value is -2.96. The van der Waals surface area contributed by atoms with Crippen LogP contribution < -0.4 is 10.0 Å². The molecule has 2 aromatic carbocycles. The van der Waals surface area contributed by atoms with Gasteiger partial charge in [0, 0.05) is 31.6 Å². The molecule has 2 N–H and O–H groups in total. The van der Waals surface area contributed by atoms with Gasteiger partial charge >= 0.3 is 0 Å². The van der Waals surface area contributed by atoms with E-state index in [9.17, 15) is 12.8 Å². The number of piperidine rings is 1. The average Bonchev–Trinajstić information content (AvgIpc) is 2.79. The molecule has 7 nitrogen and oxygen atoms in total. The minimum atomic E-state index is -3.86. The predicted molar refractivity (Wildman–Crippen MR) is 117 cm³/mol. The summed E-state index contributed by atoms with van der Waals surface area (Å²) in [5.41, 5.74) is 0.612. The Kier molecular flexibility index (Phi) is 7.25. The van der Waals surface area contributed by atoms with Crippen LogP contribution in [0.3, 0.4) is 0 Å². The molecule has 0 saturated carbocycles. The van der Waals surface area contributed by atoms with E-state index in [1.165, 1.54) is 18.2 Å². The zero-order valence-corrected chi connectivity index (χ0v) is 18.2. The molecule has 1 saturated heterocycles. The Morgan fingerprint density at radius 1 is 1.19 bits per heavy atom. The molecule has 9 heteroatoms. The quantitative estimate of drug-likeness (QED) is 0.310. The Labute approximate surface area is 182 Å². The van der Waals surface area contributed by atoms with Gasteiger partial charge in [0.15, 0.2) is 6.19 Å². The van der Waals surface area contributed by atoms with E-state index in [4.69, 9.17) is 5.26 Å². The van der Waals surface area contributed by atoms with Crippen molar-refractivity contribution in [2.45, 2.75) is 30.1 Å². The van der Waals surface area contributed by atoms with Gasteiger partial charge in [-0.2, -0.15) is 5.26 Å². The van der Waals surface area contributed by atoms with E-state index in [1.807, 2.05) is 48.3 Å². The first-order valence-electron chi connectivity index (χ1n) is 10.2. The van der Waals surface area contributed by atoms with Crippen molar-refractivity contribution in [1.29, 1.82) is 5.26 Å². The zero-order chi connectivity index (χ0) is 22.3. The van der Waals surface area contributed by atoms with Gasteiger partial charge in [-0.15, -0.1) is 0 Å². The molecule has 164 valence electrons. The molecule has 1 aliphatic rings. The van der Waals surface area contributed by atoms with Crippen molar-refractivity contribution in [3.63, 3.8) is 0 Å². The second-order valence-electron chi connectivity index (χ2n) is 7.45. The molecular formula is C22H26FN5O2S. The van der Waals surface area contributed by atoms with Crippen LogP contribution in [0.2, 0.25) is 0 Å². The van der Waals surface area contributed by atoms with Gasteiger partial charge in [0.1, 0.15) is 5.82 Å². The van der Waals surface area contributed by atoms with E-state index in [2.05, 4.69) is 15.0 Å². The SMILES string of the molecule is CCN=C(NC#N)N1CCC(CNS(=O)(=O)c2cccc(F)c2)(c2ccccc2)CC1. The third-order valence-corrected chi connectivity index (χ3v) is 6.99. The van der Waals surface area contributed by atoms with Crippen LogP contribution in [-0.2, 0) is 15.4 Å². The number of aliphatic imine (C=N–C) groups is 1. The number of hydrogen-bond donors (Lipinski definition) is 2. The molecule has 0 atom stereocenters. The highest BCUT2D eigenvalue weighted by atomic mass is 32.2. The van der Waals surface area contributed by atoms with Crippen molar-refractivity contribution in [1.82, 2.24) is 14.9 Å². The first kappa shape index (κ1) is 22.7. The molecule has 3 rings (SSSR count). The smallest absolute Gasteiger partial charge is 0.240 e. The van der Waals surface area contributed by atoms with Crippen molar-refractivity contribution >= 4 is 16.0 Å². The fourth-order valence-corrected chi connectivity index (χ4v) is 5.03. The maximum atomic E-state index is 13.5. The van der Waals surface area contributed by atoms with Crippen molar-refractivity contribution in [3.05, 3.63) is 66.0 Å². The van der Waals surface area contributed by atoms with E-state index in [1.54, 1.807) is 0 Å². The second-order valence-corrected chi connectivity index (χ2v) is 9.22. The number of hydrogen-bond acceptors (Lipinski definition) is 4. The largest absolute Gasteiger partial charge is 0.342 e. The number of nitrogens with zero attached hydrogens (tertiary/aromatic N) is 3. The lowest BCUT2D eigenvalue weighted by molar-refractivity contribution is 0.222. The fraction of sp³-hybridized carbons (Fsp3) is 0.364. The summed E-state index contributed by atoms with van der Waals surface area (Å²) >= 11 is 0. The van der Waals surface area contributed by atoms with Crippen molar-refractivity contribution in [2.24, 2.45) is 4.99 Å². The summed E-state index contributed by atoms with van der Waals surface area (Å²) in [6.45, 7) is 3.88. The monoisotopic (exact) mass is 443 g/mol. The molecule has 0 spiro atoms. The van der Waals surface area contributed by atoms with Crippen LogP contribution >= 0.6 is 0 Å². The van der Waals surface area contributed by atoms with Gasteiger partial charge in [0.05, 0.1) is 4.90 Å².